The SMILES string of the molecule is C=CC1=CSSC(C(C)C)=C1C=C. The molecule has 2 heteroatoms. The third-order valence-corrected chi connectivity index (χ3v) is 4.27. The predicted octanol–water partition coefficient (Wildman–Crippen LogP) is 4.55. The van der Waals surface area contributed by atoms with Crippen molar-refractivity contribution >= 4 is 21.6 Å². The van der Waals surface area contributed by atoms with Crippen LogP contribution in [0.5, 0.6) is 0 Å². The van der Waals surface area contributed by atoms with E-state index in [1.165, 1.54) is 16.1 Å². The molecule has 0 unspecified atom stereocenters. The topological polar surface area (TPSA) is 0 Å². The highest BCUT2D eigenvalue weighted by Crippen LogP contribution is 2.44. The van der Waals surface area contributed by atoms with E-state index in [2.05, 4.69) is 32.4 Å². The highest BCUT2D eigenvalue weighted by atomic mass is 33.1. The van der Waals surface area contributed by atoms with Gasteiger partial charge in [-0.2, -0.15) is 0 Å². The van der Waals surface area contributed by atoms with Crippen LogP contribution < -0.4 is 0 Å². The van der Waals surface area contributed by atoms with Crippen molar-refractivity contribution in [1.82, 2.24) is 0 Å². The zero-order valence-electron chi connectivity index (χ0n) is 8.04. The quantitative estimate of drug-likeness (QED) is 0.627. The van der Waals surface area contributed by atoms with Gasteiger partial charge in [0.1, 0.15) is 0 Å². The zero-order valence-corrected chi connectivity index (χ0v) is 9.67. The van der Waals surface area contributed by atoms with E-state index < -0.39 is 0 Å². The molecule has 0 bridgehead atoms. The van der Waals surface area contributed by atoms with Gasteiger partial charge in [0.05, 0.1) is 0 Å². The van der Waals surface area contributed by atoms with Crippen molar-refractivity contribution in [2.45, 2.75) is 13.8 Å². The highest BCUT2D eigenvalue weighted by molar-refractivity contribution is 8.79. The molecule has 0 saturated carbocycles. The monoisotopic (exact) mass is 210 g/mol. The number of hydrogen-bond acceptors (Lipinski definition) is 2. The van der Waals surface area contributed by atoms with Gasteiger partial charge in [-0.3, -0.25) is 0 Å². The third-order valence-electron chi connectivity index (χ3n) is 1.84. The van der Waals surface area contributed by atoms with Gasteiger partial charge in [-0.15, -0.1) is 0 Å². The Morgan fingerprint density at radius 2 is 2.00 bits per heavy atom. The molecule has 0 N–H and O–H groups in total. The van der Waals surface area contributed by atoms with Crippen LogP contribution in [0.15, 0.2) is 46.8 Å². The van der Waals surface area contributed by atoms with Crippen molar-refractivity contribution in [3.8, 4) is 0 Å². The maximum Gasteiger partial charge on any atom is 0.00651 e. The molecular formula is C11H14S2. The van der Waals surface area contributed by atoms with Crippen LogP contribution in [0.4, 0.5) is 0 Å². The van der Waals surface area contributed by atoms with E-state index in [0.29, 0.717) is 5.92 Å². The molecule has 0 aromatic carbocycles. The van der Waals surface area contributed by atoms with Crippen molar-refractivity contribution < 1.29 is 0 Å². The molecule has 0 spiro atoms. The van der Waals surface area contributed by atoms with Gasteiger partial charge in [-0.1, -0.05) is 60.7 Å². The van der Waals surface area contributed by atoms with Crippen molar-refractivity contribution in [3.05, 3.63) is 46.8 Å². The highest BCUT2D eigenvalue weighted by Gasteiger charge is 2.15. The lowest BCUT2D eigenvalue weighted by Crippen LogP contribution is -1.97. The van der Waals surface area contributed by atoms with Gasteiger partial charge < -0.3 is 0 Å². The molecule has 0 aliphatic carbocycles. The fraction of sp³-hybridized carbons (Fsp3) is 0.273. The second kappa shape index (κ2) is 4.77. The molecule has 0 saturated heterocycles. The van der Waals surface area contributed by atoms with Gasteiger partial charge in [0, 0.05) is 4.91 Å². The van der Waals surface area contributed by atoms with Gasteiger partial charge in [-0.05, 0) is 22.5 Å². The number of rotatable bonds is 3. The molecule has 0 atom stereocenters. The second-order valence-corrected chi connectivity index (χ2v) is 5.21. The van der Waals surface area contributed by atoms with E-state index in [-0.39, 0.29) is 0 Å². The number of hydrogen-bond donors (Lipinski definition) is 0. The van der Waals surface area contributed by atoms with Crippen LogP contribution in [0, 0.1) is 5.92 Å². The van der Waals surface area contributed by atoms with E-state index >= 15 is 0 Å². The third kappa shape index (κ3) is 2.32. The van der Waals surface area contributed by atoms with Crippen LogP contribution in [0.2, 0.25) is 0 Å². The summed E-state index contributed by atoms with van der Waals surface area (Å²) >= 11 is 0. The Balaban J connectivity index is 3.11. The molecule has 13 heavy (non-hydrogen) atoms. The summed E-state index contributed by atoms with van der Waals surface area (Å²) in [4.78, 5) is 1.40. The van der Waals surface area contributed by atoms with E-state index in [1.807, 2.05) is 22.9 Å². The van der Waals surface area contributed by atoms with Crippen LogP contribution in [-0.4, -0.2) is 0 Å². The maximum atomic E-state index is 3.85. The Bertz CT molecular complexity index is 282. The maximum absolute atomic E-state index is 3.85. The minimum absolute atomic E-state index is 0.564. The summed E-state index contributed by atoms with van der Waals surface area (Å²) in [6.07, 6.45) is 3.82. The van der Waals surface area contributed by atoms with Crippen molar-refractivity contribution in [2.75, 3.05) is 0 Å². The molecule has 0 aromatic heterocycles. The first-order valence-electron chi connectivity index (χ1n) is 4.23. The van der Waals surface area contributed by atoms with E-state index in [0.717, 1.165) is 0 Å². The van der Waals surface area contributed by atoms with E-state index in [9.17, 15) is 0 Å². The first-order valence-corrected chi connectivity index (χ1v) is 6.45. The summed E-state index contributed by atoms with van der Waals surface area (Å²) in [5.74, 6) is 0.564. The molecular weight excluding hydrogens is 196 g/mol. The summed E-state index contributed by atoms with van der Waals surface area (Å²) in [5, 5.41) is 2.13. The van der Waals surface area contributed by atoms with Gasteiger partial charge in [-0.25, -0.2) is 0 Å². The van der Waals surface area contributed by atoms with E-state index in [1.54, 1.807) is 10.8 Å². The minimum atomic E-state index is 0.564. The van der Waals surface area contributed by atoms with Gasteiger partial charge in [0.15, 0.2) is 0 Å². The molecule has 0 radical (unpaired) electrons. The fourth-order valence-corrected chi connectivity index (χ4v) is 3.74. The van der Waals surface area contributed by atoms with Crippen LogP contribution in [0.3, 0.4) is 0 Å². The fourth-order valence-electron chi connectivity index (χ4n) is 1.16. The lowest BCUT2D eigenvalue weighted by molar-refractivity contribution is 0.812. The van der Waals surface area contributed by atoms with Crippen LogP contribution in [0.25, 0.3) is 0 Å². The smallest absolute Gasteiger partial charge is 0.00651 e. The molecule has 1 aliphatic heterocycles. The van der Waals surface area contributed by atoms with Crippen LogP contribution >= 0.6 is 21.6 Å². The Morgan fingerprint density at radius 1 is 1.31 bits per heavy atom. The molecule has 0 amide bonds. The Kier molecular flexibility index (Phi) is 3.94. The Hall–Kier alpha value is -0.340. The summed E-state index contributed by atoms with van der Waals surface area (Å²) in [7, 11) is 3.58. The van der Waals surface area contributed by atoms with Crippen molar-refractivity contribution in [2.24, 2.45) is 5.92 Å². The molecule has 0 nitrogen and oxygen atoms in total. The summed E-state index contributed by atoms with van der Waals surface area (Å²) in [5.41, 5.74) is 2.44. The minimum Gasteiger partial charge on any atom is -0.0984 e. The number of allylic oxidation sites excluding steroid dienone is 5. The van der Waals surface area contributed by atoms with Crippen LogP contribution in [0.1, 0.15) is 13.8 Å². The second-order valence-electron chi connectivity index (χ2n) is 3.09. The first kappa shape index (κ1) is 10.7. The van der Waals surface area contributed by atoms with E-state index in [4.69, 9.17) is 0 Å². The van der Waals surface area contributed by atoms with Crippen LogP contribution in [-0.2, 0) is 0 Å². The molecule has 1 heterocycles. The molecule has 1 aliphatic rings. The molecule has 70 valence electrons. The lowest BCUT2D eigenvalue weighted by atomic mass is 10.0. The average molecular weight is 210 g/mol. The molecule has 0 aromatic rings. The molecule has 1 rings (SSSR count). The standard InChI is InChI=1S/C11H14S2/c1-5-9-7-12-13-11(8(3)4)10(9)6-2/h5-8H,1-2H2,3-4H3. The lowest BCUT2D eigenvalue weighted by Gasteiger charge is -2.19. The predicted molar refractivity (Wildman–Crippen MR) is 65.5 cm³/mol. The largest absolute Gasteiger partial charge is 0.0984 e. The van der Waals surface area contributed by atoms with Crippen molar-refractivity contribution in [1.29, 1.82) is 0 Å². The normalized spacial score (nSPS) is 17.3. The molecule has 0 fully saturated rings. The summed E-state index contributed by atoms with van der Waals surface area (Å²) in [6, 6.07) is 0. The zero-order chi connectivity index (χ0) is 9.84. The van der Waals surface area contributed by atoms with Crippen molar-refractivity contribution in [3.63, 3.8) is 0 Å². The van der Waals surface area contributed by atoms with Gasteiger partial charge >= 0.3 is 0 Å². The Morgan fingerprint density at radius 3 is 2.46 bits per heavy atom. The summed E-state index contributed by atoms with van der Waals surface area (Å²) < 4.78 is 0. The summed E-state index contributed by atoms with van der Waals surface area (Å²) in [6.45, 7) is 12.1. The van der Waals surface area contributed by atoms with Gasteiger partial charge in [0.2, 0.25) is 0 Å². The average Bonchev–Trinajstić information content (AvgIpc) is 2.16. The Labute approximate surface area is 88.3 Å². The van der Waals surface area contributed by atoms with Gasteiger partial charge in [0.25, 0.3) is 0 Å². The first-order chi connectivity index (χ1) is 6.20.